The number of carboxylic acid groups (broad SMARTS) is 1. The van der Waals surface area contributed by atoms with Gasteiger partial charge in [-0.15, -0.1) is 0 Å². The number of unbranched alkanes of at least 4 members (excludes halogenated alkanes) is 7. The summed E-state index contributed by atoms with van der Waals surface area (Å²) in [7, 11) is 0. The second-order valence-electron chi connectivity index (χ2n) is 15.1. The average Bonchev–Trinajstić information content (AvgIpc) is 3.20. The number of aliphatic hydroxyl groups is 8. The van der Waals surface area contributed by atoms with Crippen LogP contribution in [-0.4, -0.2) is 192 Å². The van der Waals surface area contributed by atoms with Crippen molar-refractivity contribution in [2.75, 3.05) is 26.3 Å². The predicted octanol–water partition coefficient (Wildman–Crippen LogP) is 3.46. The van der Waals surface area contributed by atoms with Crippen LogP contribution >= 0.6 is 0 Å². The lowest BCUT2D eigenvalue weighted by molar-refractivity contribution is -0.461. The van der Waals surface area contributed by atoms with Crippen molar-refractivity contribution >= 4 is 11.9 Å². The summed E-state index contributed by atoms with van der Waals surface area (Å²) in [5.74, 6) is -61.4. The molecule has 0 radical (unpaired) electrons. The second kappa shape index (κ2) is 23.1. The van der Waals surface area contributed by atoms with Crippen molar-refractivity contribution in [2.45, 2.75) is 173 Å². The molecular weight excluding hydrogens is 953 g/mol. The Hall–Kier alpha value is -2.65. The molecule has 31 heteroatoms. The van der Waals surface area contributed by atoms with E-state index in [1.165, 1.54) is 0 Å². The van der Waals surface area contributed by atoms with Crippen LogP contribution in [0.3, 0.4) is 0 Å². The maximum Gasteiger partial charge on any atom is 0.460 e. The number of carbonyl (C=O) groups excluding carboxylic acids is 1. The molecule has 1 aliphatic rings. The van der Waals surface area contributed by atoms with E-state index in [1.54, 1.807) is 0 Å². The smallest absolute Gasteiger partial charge is 0.460 e. The lowest BCUT2D eigenvalue weighted by Gasteiger charge is -2.43. The van der Waals surface area contributed by atoms with E-state index in [2.05, 4.69) is 0 Å². The fraction of sp³-hybridized carbons (Fsp3) is 0.941. The summed E-state index contributed by atoms with van der Waals surface area (Å²) < 4.78 is 244. The van der Waals surface area contributed by atoms with Crippen LogP contribution in [0.4, 0.5) is 74.6 Å². The van der Waals surface area contributed by atoms with Crippen molar-refractivity contribution in [3.63, 3.8) is 0 Å². The van der Waals surface area contributed by atoms with E-state index in [4.69, 9.17) is 14.6 Å². The van der Waals surface area contributed by atoms with Crippen molar-refractivity contribution in [3.05, 3.63) is 0 Å². The minimum Gasteiger partial charge on any atom is -0.481 e. The van der Waals surface area contributed by atoms with Crippen molar-refractivity contribution < 1.29 is 140 Å². The minimum atomic E-state index is -8.86. The summed E-state index contributed by atoms with van der Waals surface area (Å²) >= 11 is 0. The molecule has 14 nitrogen and oxygen atoms in total. The molecule has 1 heterocycles. The number of aliphatic hydroxyl groups excluding tert-OH is 8. The molecule has 386 valence electrons. The van der Waals surface area contributed by atoms with Gasteiger partial charge in [-0.2, -0.15) is 74.6 Å². The standard InChI is InChI=1S/C34H48F17NO13/c35-27(36,28(37,38)29(39,40)30(41,42)31(43,44)32(45,46)33(47,48)34(49,50)51)11-10-19(57)52(12-8-6-4-2-1-3-5-7-9-20(58)59)13-16(55)21(60)25(17(56)14-53)65-26-24(63)23(62)22(61)18(15-54)64-26/h16-18,21-26,53-56,60-63H,1-15H2,(H,58,59)/t16-,17+,18+,21+,22-,23-,24+,25+,26-/m0/s1. The highest BCUT2D eigenvalue weighted by atomic mass is 19.4. The normalized spacial score (nSPS) is 22.9. The SMILES string of the molecule is O=C(O)CCCCCCCCCCN(C[C@H](O)[C@@H](O)[C@H](O[C@@H]1O[C@H](CO)[C@H](O)[C@H](O)[C@H]1O)[C@H](O)CO)C(=O)CCC(F)(F)C(F)(F)C(F)(F)C(F)(F)C(F)(F)C(F)(F)C(F)(F)C(F)(F)F. The van der Waals surface area contributed by atoms with Gasteiger partial charge in [-0.05, 0) is 12.8 Å². The second-order valence-corrected chi connectivity index (χ2v) is 15.1. The third-order valence-corrected chi connectivity index (χ3v) is 10.2. The summed E-state index contributed by atoms with van der Waals surface area (Å²) in [5.41, 5.74) is 0. The lowest BCUT2D eigenvalue weighted by Crippen LogP contribution is -2.74. The van der Waals surface area contributed by atoms with Gasteiger partial charge in [0.25, 0.3) is 0 Å². The lowest BCUT2D eigenvalue weighted by atomic mass is 9.88. The number of rotatable bonds is 29. The number of hydrogen-bond acceptors (Lipinski definition) is 12. The Bertz CT molecular complexity index is 1500. The third kappa shape index (κ3) is 13.3. The Morgan fingerprint density at radius 1 is 0.585 bits per heavy atom. The van der Waals surface area contributed by atoms with E-state index in [0.717, 1.165) is 0 Å². The zero-order valence-electron chi connectivity index (χ0n) is 33.3. The van der Waals surface area contributed by atoms with Gasteiger partial charge in [-0.25, -0.2) is 0 Å². The largest absolute Gasteiger partial charge is 0.481 e. The molecule has 1 rings (SSSR count). The summed E-state index contributed by atoms with van der Waals surface area (Å²) in [6.07, 6.45) is -31.1. The molecule has 9 N–H and O–H groups in total. The third-order valence-electron chi connectivity index (χ3n) is 10.2. The Kier molecular flexibility index (Phi) is 21.5. The Morgan fingerprint density at radius 3 is 1.48 bits per heavy atom. The Morgan fingerprint density at radius 2 is 1.03 bits per heavy atom. The van der Waals surface area contributed by atoms with Gasteiger partial charge < -0.3 is 60.3 Å². The van der Waals surface area contributed by atoms with Crippen molar-refractivity contribution in [2.24, 2.45) is 0 Å². The van der Waals surface area contributed by atoms with E-state index in [1.807, 2.05) is 0 Å². The topological polar surface area (TPSA) is 238 Å². The highest BCUT2D eigenvalue weighted by molar-refractivity contribution is 5.76. The molecule has 0 spiro atoms. The average molecular weight is 1000 g/mol. The number of ether oxygens (including phenoxy) is 2. The molecule has 1 aliphatic heterocycles. The van der Waals surface area contributed by atoms with E-state index in [-0.39, 0.29) is 24.2 Å². The zero-order valence-corrected chi connectivity index (χ0v) is 33.3. The molecule has 1 amide bonds. The molecule has 0 aromatic rings. The molecule has 0 aromatic heterocycles. The van der Waals surface area contributed by atoms with Crippen LogP contribution in [0.25, 0.3) is 0 Å². The fourth-order valence-corrected chi connectivity index (χ4v) is 6.12. The van der Waals surface area contributed by atoms with Crippen LogP contribution in [0.5, 0.6) is 0 Å². The van der Waals surface area contributed by atoms with Gasteiger partial charge in [0.15, 0.2) is 6.29 Å². The summed E-state index contributed by atoms with van der Waals surface area (Å²) in [4.78, 5) is 23.9. The Labute approximate surface area is 356 Å². The van der Waals surface area contributed by atoms with Crippen molar-refractivity contribution in [1.29, 1.82) is 0 Å². The van der Waals surface area contributed by atoms with Crippen LogP contribution in [0.2, 0.25) is 0 Å². The molecule has 0 aliphatic carbocycles. The van der Waals surface area contributed by atoms with Gasteiger partial charge in [-0.3, -0.25) is 9.59 Å². The summed E-state index contributed by atoms with van der Waals surface area (Å²) in [6, 6.07) is 0. The molecule has 1 fully saturated rings. The van der Waals surface area contributed by atoms with Crippen LogP contribution in [0, 0.1) is 0 Å². The number of aliphatic carboxylic acids is 1. The number of carbonyl (C=O) groups is 2. The first-order chi connectivity index (χ1) is 29.4. The molecular formula is C34H48F17NO13. The number of nitrogens with zero attached hydrogens (tertiary/aromatic N) is 1. The molecule has 0 saturated carbocycles. The molecule has 0 bridgehead atoms. The molecule has 1 saturated heterocycles. The molecule has 9 atom stereocenters. The van der Waals surface area contributed by atoms with E-state index < -0.39 is 154 Å². The maximum absolute atomic E-state index is 14.7. The number of carboxylic acids is 1. The summed E-state index contributed by atoms with van der Waals surface area (Å²) in [5, 5.41) is 89.8. The highest BCUT2D eigenvalue weighted by Gasteiger charge is 2.95. The van der Waals surface area contributed by atoms with E-state index >= 15 is 0 Å². The van der Waals surface area contributed by atoms with Crippen LogP contribution < -0.4 is 0 Å². The van der Waals surface area contributed by atoms with Gasteiger partial charge in [0.2, 0.25) is 5.91 Å². The number of amides is 1. The van der Waals surface area contributed by atoms with Gasteiger partial charge in [0.1, 0.15) is 48.8 Å². The predicted molar refractivity (Wildman–Crippen MR) is 179 cm³/mol. The zero-order chi connectivity index (χ0) is 50.9. The number of alkyl halides is 17. The monoisotopic (exact) mass is 1000 g/mol. The minimum absolute atomic E-state index is 0.0887. The fourth-order valence-electron chi connectivity index (χ4n) is 6.12. The van der Waals surface area contributed by atoms with Crippen LogP contribution in [0.1, 0.15) is 70.6 Å². The van der Waals surface area contributed by atoms with Gasteiger partial charge in [0.05, 0.1) is 13.2 Å². The van der Waals surface area contributed by atoms with Gasteiger partial charge in [0, 0.05) is 32.4 Å². The molecule has 0 unspecified atom stereocenters. The van der Waals surface area contributed by atoms with E-state index in [9.17, 15) is 125 Å². The van der Waals surface area contributed by atoms with Crippen LogP contribution in [0.15, 0.2) is 0 Å². The van der Waals surface area contributed by atoms with Crippen molar-refractivity contribution in [1.82, 2.24) is 4.90 Å². The quantitative estimate of drug-likeness (QED) is 0.0386. The number of halogens is 17. The highest BCUT2D eigenvalue weighted by Crippen LogP contribution is 2.64. The maximum atomic E-state index is 14.7. The van der Waals surface area contributed by atoms with Gasteiger partial charge >= 0.3 is 53.6 Å². The van der Waals surface area contributed by atoms with Crippen molar-refractivity contribution in [3.8, 4) is 0 Å². The summed E-state index contributed by atoms with van der Waals surface area (Å²) in [6.45, 7) is -4.58. The van der Waals surface area contributed by atoms with E-state index in [0.29, 0.717) is 38.5 Å². The van der Waals surface area contributed by atoms with Crippen LogP contribution in [-0.2, 0) is 19.1 Å². The molecule has 0 aromatic carbocycles. The molecule has 65 heavy (non-hydrogen) atoms. The van der Waals surface area contributed by atoms with Gasteiger partial charge in [-0.1, -0.05) is 38.5 Å². The number of hydrogen-bond donors (Lipinski definition) is 9. The first kappa shape index (κ1) is 60.4. The Balaban J connectivity index is 3.42. The first-order valence-electron chi connectivity index (χ1n) is 19.2. The first-order valence-corrected chi connectivity index (χ1v) is 19.2.